The van der Waals surface area contributed by atoms with Crippen molar-refractivity contribution < 1.29 is 37.3 Å². The van der Waals surface area contributed by atoms with Crippen molar-refractivity contribution in [1.29, 1.82) is 0 Å². The first-order valence-corrected chi connectivity index (χ1v) is 12.9. The fourth-order valence-electron chi connectivity index (χ4n) is 2.80. The van der Waals surface area contributed by atoms with Crippen LogP contribution in [0.25, 0.3) is 0 Å². The number of hydrogen-bond donors (Lipinski definition) is 3. The number of carbonyl (C=O) groups excluding carboxylic acids is 1. The summed E-state index contributed by atoms with van der Waals surface area (Å²) >= 11 is 17.4. The normalized spacial score (nSPS) is 11.7. The SMILES string of the molecule is CCNc1nc(Cl)nc(NC(C)C)n1.C[C@H](OC(=O)c1cc(Oc2ccc(C(F)(F)F)cc2Cl)ccc1Cl)C(=O)O. The quantitative estimate of drug-likeness (QED) is 0.206. The minimum Gasteiger partial charge on any atom is -0.479 e. The Morgan fingerprint density at radius 1 is 0.976 bits per heavy atom. The third kappa shape index (κ3) is 10.7. The average Bonchev–Trinajstić information content (AvgIpc) is 2.85. The molecule has 1 aromatic heterocycles. The van der Waals surface area contributed by atoms with Crippen LogP contribution in [0.5, 0.6) is 11.5 Å². The topological polar surface area (TPSA) is 136 Å². The molecule has 1 heterocycles. The van der Waals surface area contributed by atoms with Gasteiger partial charge in [0.15, 0.2) is 6.10 Å². The fraction of sp³-hybridized carbons (Fsp3) is 0.320. The van der Waals surface area contributed by atoms with Gasteiger partial charge in [0.05, 0.1) is 21.2 Å². The van der Waals surface area contributed by atoms with Gasteiger partial charge in [-0.2, -0.15) is 28.1 Å². The van der Waals surface area contributed by atoms with Crippen molar-refractivity contribution in [1.82, 2.24) is 15.0 Å². The molecule has 0 fully saturated rings. The summed E-state index contributed by atoms with van der Waals surface area (Å²) in [4.78, 5) is 34.8. The van der Waals surface area contributed by atoms with Gasteiger partial charge in [-0.1, -0.05) is 23.2 Å². The van der Waals surface area contributed by atoms with Crippen LogP contribution in [-0.4, -0.2) is 50.7 Å². The van der Waals surface area contributed by atoms with Gasteiger partial charge in [-0.25, -0.2) is 9.59 Å². The highest BCUT2D eigenvalue weighted by Crippen LogP contribution is 2.37. The van der Waals surface area contributed by atoms with E-state index < -0.39 is 29.8 Å². The van der Waals surface area contributed by atoms with Gasteiger partial charge in [-0.3, -0.25) is 0 Å². The number of carbonyl (C=O) groups is 2. The summed E-state index contributed by atoms with van der Waals surface area (Å²) in [5, 5.41) is 14.7. The maximum Gasteiger partial charge on any atom is 0.416 e. The number of carboxylic acid groups (broad SMARTS) is 1. The van der Waals surface area contributed by atoms with Crippen LogP contribution in [0.2, 0.25) is 15.3 Å². The number of nitrogens with one attached hydrogen (secondary N) is 2. The minimum absolute atomic E-state index is 0.0246. The molecule has 0 saturated heterocycles. The molecule has 2 aromatic carbocycles. The number of halogens is 6. The first kappa shape index (κ1) is 33.7. The number of benzene rings is 2. The Morgan fingerprint density at radius 3 is 2.20 bits per heavy atom. The fourth-order valence-corrected chi connectivity index (χ4v) is 3.37. The van der Waals surface area contributed by atoms with Gasteiger partial charge < -0.3 is 25.2 Å². The summed E-state index contributed by atoms with van der Waals surface area (Å²) in [5.41, 5.74) is -1.12. The van der Waals surface area contributed by atoms with E-state index >= 15 is 0 Å². The molecule has 0 unspecified atom stereocenters. The van der Waals surface area contributed by atoms with Crippen LogP contribution in [0.1, 0.15) is 43.6 Å². The molecule has 222 valence electrons. The number of ether oxygens (including phenoxy) is 2. The molecule has 3 N–H and O–H groups in total. The Bertz CT molecular complexity index is 1380. The molecule has 0 aliphatic carbocycles. The second-order valence-corrected chi connectivity index (χ2v) is 9.51. The van der Waals surface area contributed by atoms with E-state index in [1.54, 1.807) is 0 Å². The molecule has 0 radical (unpaired) electrons. The lowest BCUT2D eigenvalue weighted by Crippen LogP contribution is -2.23. The third-order valence-electron chi connectivity index (χ3n) is 4.64. The van der Waals surface area contributed by atoms with E-state index in [1.807, 2.05) is 20.8 Å². The van der Waals surface area contributed by atoms with Gasteiger partial charge in [0.2, 0.25) is 17.2 Å². The summed E-state index contributed by atoms with van der Waals surface area (Å²) in [6.07, 6.45) is -5.96. The average molecular weight is 639 g/mol. The smallest absolute Gasteiger partial charge is 0.416 e. The maximum atomic E-state index is 12.7. The third-order valence-corrected chi connectivity index (χ3v) is 5.43. The molecule has 0 bridgehead atoms. The number of nitrogens with zero attached hydrogens (tertiary/aromatic N) is 3. The number of rotatable bonds is 9. The molecule has 0 aliphatic heterocycles. The van der Waals surface area contributed by atoms with E-state index in [4.69, 9.17) is 49.4 Å². The summed E-state index contributed by atoms with van der Waals surface area (Å²) in [6.45, 7) is 7.89. The van der Waals surface area contributed by atoms with Crippen LogP contribution in [0.4, 0.5) is 25.1 Å². The van der Waals surface area contributed by atoms with Crippen LogP contribution in [0.15, 0.2) is 36.4 Å². The molecule has 0 saturated carbocycles. The number of esters is 1. The first-order chi connectivity index (χ1) is 19.1. The van der Waals surface area contributed by atoms with E-state index in [1.165, 1.54) is 12.1 Å². The Kier molecular flexibility index (Phi) is 12.2. The molecule has 0 amide bonds. The lowest BCUT2D eigenvalue weighted by atomic mass is 10.2. The maximum absolute atomic E-state index is 12.7. The van der Waals surface area contributed by atoms with Crippen molar-refractivity contribution >= 4 is 58.6 Å². The Labute approximate surface area is 248 Å². The Morgan fingerprint density at radius 2 is 1.63 bits per heavy atom. The lowest BCUT2D eigenvalue weighted by molar-refractivity contribution is -0.146. The zero-order valence-corrected chi connectivity index (χ0v) is 24.3. The van der Waals surface area contributed by atoms with Gasteiger partial charge >= 0.3 is 18.1 Å². The highest BCUT2D eigenvalue weighted by molar-refractivity contribution is 6.33. The summed E-state index contributed by atoms with van der Waals surface area (Å²) in [5.74, 6) is -1.39. The van der Waals surface area contributed by atoms with E-state index in [-0.39, 0.29) is 38.4 Å². The van der Waals surface area contributed by atoms with Gasteiger partial charge in [-0.15, -0.1) is 0 Å². The van der Waals surface area contributed by atoms with Gasteiger partial charge in [-0.05, 0) is 75.7 Å². The number of anilines is 2. The van der Waals surface area contributed by atoms with Crippen molar-refractivity contribution in [2.45, 2.75) is 46.0 Å². The molecule has 16 heteroatoms. The molecule has 3 rings (SSSR count). The second kappa shape index (κ2) is 14.9. The Balaban J connectivity index is 0.000000353. The molecule has 0 aliphatic rings. The van der Waals surface area contributed by atoms with Gasteiger partial charge in [0.1, 0.15) is 11.5 Å². The van der Waals surface area contributed by atoms with Crippen molar-refractivity contribution in [3.05, 3.63) is 62.9 Å². The van der Waals surface area contributed by atoms with Crippen LogP contribution >= 0.6 is 34.8 Å². The predicted molar refractivity (Wildman–Crippen MR) is 148 cm³/mol. The molecule has 3 aromatic rings. The van der Waals surface area contributed by atoms with E-state index in [9.17, 15) is 22.8 Å². The van der Waals surface area contributed by atoms with Crippen molar-refractivity contribution in [3.63, 3.8) is 0 Å². The summed E-state index contributed by atoms with van der Waals surface area (Å²) in [7, 11) is 0. The second-order valence-electron chi connectivity index (χ2n) is 8.35. The molecule has 10 nitrogen and oxygen atoms in total. The van der Waals surface area contributed by atoms with Crippen LogP contribution in [-0.2, 0) is 15.7 Å². The van der Waals surface area contributed by atoms with Crippen LogP contribution < -0.4 is 15.4 Å². The van der Waals surface area contributed by atoms with E-state index in [2.05, 4.69) is 25.6 Å². The van der Waals surface area contributed by atoms with Gasteiger partial charge in [0.25, 0.3) is 0 Å². The number of aromatic nitrogens is 3. The molecule has 1 atom stereocenters. The highest BCUT2D eigenvalue weighted by Gasteiger charge is 2.31. The van der Waals surface area contributed by atoms with Crippen LogP contribution in [0, 0.1) is 0 Å². The zero-order chi connectivity index (χ0) is 30.9. The summed E-state index contributed by atoms with van der Waals surface area (Å²) < 4.78 is 48.1. The molecular weight excluding hydrogens is 614 g/mol. The first-order valence-electron chi connectivity index (χ1n) is 11.8. The minimum atomic E-state index is -4.56. The number of hydrogen-bond acceptors (Lipinski definition) is 9. The van der Waals surface area contributed by atoms with Crippen molar-refractivity contribution in [2.24, 2.45) is 0 Å². The van der Waals surface area contributed by atoms with Crippen LogP contribution in [0.3, 0.4) is 0 Å². The molecular formula is C25H25Cl3F3N5O5. The number of alkyl halides is 3. The highest BCUT2D eigenvalue weighted by atomic mass is 35.5. The standard InChI is InChI=1S/C17H11Cl2F3O5.C8H14ClN5/c1-8(15(23)24)26-16(25)11-7-10(3-4-12(11)18)27-14-5-2-9(6-13(14)19)17(20,21)22;1-4-10-7-12-6(9)13-8(14-7)11-5(2)3/h2-8H,1H3,(H,23,24);5H,4H2,1-3H3,(H2,10,11,12,13,14)/t8-;/m0./s1. The number of aliphatic carboxylic acids is 1. The van der Waals surface area contributed by atoms with E-state index in [0.29, 0.717) is 18.0 Å². The Hall–Kier alpha value is -3.55. The number of carboxylic acids is 1. The molecule has 0 spiro atoms. The van der Waals surface area contributed by atoms with Crippen molar-refractivity contribution in [3.8, 4) is 11.5 Å². The van der Waals surface area contributed by atoms with Crippen molar-refractivity contribution in [2.75, 3.05) is 17.2 Å². The summed E-state index contributed by atoms with van der Waals surface area (Å²) in [6, 6.07) is 6.60. The van der Waals surface area contributed by atoms with Gasteiger partial charge in [0, 0.05) is 12.6 Å². The largest absolute Gasteiger partial charge is 0.479 e. The zero-order valence-electron chi connectivity index (χ0n) is 22.0. The lowest BCUT2D eigenvalue weighted by Gasteiger charge is -2.13. The van der Waals surface area contributed by atoms with E-state index in [0.717, 1.165) is 31.7 Å². The monoisotopic (exact) mass is 637 g/mol. The predicted octanol–water partition coefficient (Wildman–Crippen LogP) is 7.21. The molecule has 41 heavy (non-hydrogen) atoms.